The molecular weight excluding hydrogens is 516 g/mol. The number of methoxy groups -OCH3 is 2. The van der Waals surface area contributed by atoms with Gasteiger partial charge in [-0.15, -0.1) is 0 Å². The Labute approximate surface area is 241 Å². The molecule has 0 spiro atoms. The summed E-state index contributed by atoms with van der Waals surface area (Å²) in [6.45, 7) is 5.92. The molecule has 3 heterocycles. The van der Waals surface area contributed by atoms with Crippen LogP contribution in [-0.4, -0.2) is 60.9 Å². The molecular formula is C34H40N2O5. The van der Waals surface area contributed by atoms with Crippen molar-refractivity contribution in [3.05, 3.63) is 53.1 Å². The Hall–Kier alpha value is -3.32. The van der Waals surface area contributed by atoms with E-state index in [1.54, 1.807) is 7.11 Å². The molecule has 1 saturated heterocycles. The zero-order chi connectivity index (χ0) is 28.5. The standard InChI is InChI=1S/C34H40N2O5/c1-20-17-35(18-21(2)41-20)33(38)34-16-28(34)27-15-24(39-3)11-13-25(27)31-30(22-8-6-5-7-9-22)26-12-10-23(32(37)40-4)14-29(26)36(31)19-34/h10-15,20-22,28H,5-9,16-19H2,1-4H3. The maximum Gasteiger partial charge on any atom is 0.337 e. The summed E-state index contributed by atoms with van der Waals surface area (Å²) in [5.74, 6) is 1.26. The second-order valence-corrected chi connectivity index (χ2v) is 12.7. The van der Waals surface area contributed by atoms with Gasteiger partial charge in [0.2, 0.25) is 5.91 Å². The number of esters is 1. The monoisotopic (exact) mass is 556 g/mol. The molecule has 7 heteroatoms. The van der Waals surface area contributed by atoms with Gasteiger partial charge >= 0.3 is 5.97 Å². The molecule has 1 amide bonds. The van der Waals surface area contributed by atoms with Crippen molar-refractivity contribution in [1.82, 2.24) is 9.47 Å². The first-order valence-corrected chi connectivity index (χ1v) is 15.2. The van der Waals surface area contributed by atoms with Crippen LogP contribution in [0.1, 0.15) is 85.7 Å². The van der Waals surface area contributed by atoms with Crippen LogP contribution in [0.25, 0.3) is 22.2 Å². The molecule has 41 heavy (non-hydrogen) atoms. The molecule has 7 nitrogen and oxygen atoms in total. The lowest BCUT2D eigenvalue weighted by molar-refractivity contribution is -0.149. The SMILES string of the molecule is COC(=O)c1ccc2c(C3CCCCC3)c3n(c2c1)CC1(C(=O)N2CC(C)OC(C)C2)CC1c1cc(OC)ccc1-3. The number of ether oxygens (including phenoxy) is 3. The van der Waals surface area contributed by atoms with Gasteiger partial charge in [0.1, 0.15) is 5.75 Å². The lowest BCUT2D eigenvalue weighted by Gasteiger charge is -2.37. The van der Waals surface area contributed by atoms with E-state index in [1.165, 1.54) is 54.1 Å². The highest BCUT2D eigenvalue weighted by Crippen LogP contribution is 2.66. The predicted molar refractivity (Wildman–Crippen MR) is 157 cm³/mol. The van der Waals surface area contributed by atoms with Gasteiger partial charge in [0.05, 0.1) is 43.1 Å². The number of benzene rings is 2. The molecule has 2 aliphatic heterocycles. The third-order valence-corrected chi connectivity index (χ3v) is 10.1. The molecule has 1 aromatic heterocycles. The number of aromatic nitrogens is 1. The third-order valence-electron chi connectivity index (χ3n) is 10.1. The average Bonchev–Trinajstić information content (AvgIpc) is 3.66. The van der Waals surface area contributed by atoms with Crippen LogP contribution in [0, 0.1) is 5.41 Å². The van der Waals surface area contributed by atoms with Gasteiger partial charge in [0.25, 0.3) is 0 Å². The van der Waals surface area contributed by atoms with Gasteiger partial charge in [0.15, 0.2) is 0 Å². The number of morpholine rings is 1. The molecule has 3 fully saturated rings. The first-order chi connectivity index (χ1) is 19.8. The van der Waals surface area contributed by atoms with E-state index in [1.807, 2.05) is 36.9 Å². The highest BCUT2D eigenvalue weighted by atomic mass is 16.5. The Bertz CT molecular complexity index is 1530. The largest absolute Gasteiger partial charge is 0.497 e. The van der Waals surface area contributed by atoms with E-state index in [4.69, 9.17) is 14.2 Å². The van der Waals surface area contributed by atoms with Crippen LogP contribution in [0.5, 0.6) is 5.75 Å². The first-order valence-electron chi connectivity index (χ1n) is 15.2. The van der Waals surface area contributed by atoms with Gasteiger partial charge in [-0.1, -0.05) is 25.3 Å². The topological polar surface area (TPSA) is 70.0 Å². The van der Waals surface area contributed by atoms with E-state index in [0.717, 1.165) is 30.5 Å². The molecule has 2 aromatic carbocycles. The Kier molecular flexibility index (Phi) is 6.42. The van der Waals surface area contributed by atoms with Crippen LogP contribution >= 0.6 is 0 Å². The van der Waals surface area contributed by atoms with Gasteiger partial charge in [0, 0.05) is 42.0 Å². The maximum absolute atomic E-state index is 14.6. The normalized spacial score (nSPS) is 27.4. The van der Waals surface area contributed by atoms with Crippen LogP contribution in [0.4, 0.5) is 0 Å². The van der Waals surface area contributed by atoms with Crippen molar-refractivity contribution < 1.29 is 23.8 Å². The molecule has 4 atom stereocenters. The number of hydrogen-bond acceptors (Lipinski definition) is 5. The molecule has 2 saturated carbocycles. The maximum atomic E-state index is 14.6. The van der Waals surface area contributed by atoms with Crippen LogP contribution in [0.2, 0.25) is 0 Å². The smallest absolute Gasteiger partial charge is 0.337 e. The molecule has 216 valence electrons. The zero-order valence-corrected chi connectivity index (χ0v) is 24.6. The number of carbonyl (C=O) groups excluding carboxylic acids is 2. The fraction of sp³-hybridized carbons (Fsp3) is 0.529. The number of rotatable bonds is 4. The third kappa shape index (κ3) is 4.18. The summed E-state index contributed by atoms with van der Waals surface area (Å²) in [5.41, 5.74) is 6.02. The van der Waals surface area contributed by atoms with E-state index in [2.05, 4.69) is 22.8 Å². The Balaban J connectivity index is 1.46. The number of fused-ring (bicyclic) bond motifs is 7. The molecule has 0 bridgehead atoms. The van der Waals surface area contributed by atoms with E-state index in [0.29, 0.717) is 31.1 Å². The molecule has 2 aliphatic carbocycles. The van der Waals surface area contributed by atoms with Gasteiger partial charge in [-0.25, -0.2) is 4.79 Å². The summed E-state index contributed by atoms with van der Waals surface area (Å²) in [6, 6.07) is 12.4. The Morgan fingerprint density at radius 3 is 2.44 bits per heavy atom. The lowest BCUT2D eigenvalue weighted by Crippen LogP contribution is -2.51. The summed E-state index contributed by atoms with van der Waals surface area (Å²) in [5, 5.41) is 1.19. The van der Waals surface area contributed by atoms with E-state index in [9.17, 15) is 9.59 Å². The minimum atomic E-state index is -0.541. The van der Waals surface area contributed by atoms with Crippen molar-refractivity contribution >= 4 is 22.8 Å². The van der Waals surface area contributed by atoms with Crippen molar-refractivity contribution in [3.8, 4) is 17.0 Å². The highest BCUT2D eigenvalue weighted by molar-refractivity contribution is 6.00. The van der Waals surface area contributed by atoms with Crippen molar-refractivity contribution in [2.45, 2.75) is 83.0 Å². The van der Waals surface area contributed by atoms with Crippen LogP contribution in [0.3, 0.4) is 0 Å². The first kappa shape index (κ1) is 26.6. The van der Waals surface area contributed by atoms with Crippen LogP contribution in [-0.2, 0) is 20.8 Å². The zero-order valence-electron chi connectivity index (χ0n) is 24.6. The fourth-order valence-corrected chi connectivity index (χ4v) is 8.18. The number of carbonyl (C=O) groups is 2. The summed E-state index contributed by atoms with van der Waals surface area (Å²) in [6.07, 6.45) is 6.88. The average molecular weight is 557 g/mol. The van der Waals surface area contributed by atoms with E-state index >= 15 is 0 Å². The summed E-state index contributed by atoms with van der Waals surface area (Å²) in [4.78, 5) is 29.3. The van der Waals surface area contributed by atoms with Crippen molar-refractivity contribution in [2.24, 2.45) is 5.41 Å². The van der Waals surface area contributed by atoms with E-state index in [-0.39, 0.29) is 30.0 Å². The fourth-order valence-electron chi connectivity index (χ4n) is 8.18. The molecule has 4 aliphatic rings. The number of nitrogens with zero attached hydrogens (tertiary/aromatic N) is 2. The second-order valence-electron chi connectivity index (χ2n) is 12.7. The van der Waals surface area contributed by atoms with Gasteiger partial charge in [-0.2, -0.15) is 0 Å². The number of amides is 1. The van der Waals surface area contributed by atoms with Crippen molar-refractivity contribution in [1.29, 1.82) is 0 Å². The second kappa shape index (κ2) is 9.90. The Morgan fingerprint density at radius 1 is 0.976 bits per heavy atom. The van der Waals surface area contributed by atoms with Crippen LogP contribution < -0.4 is 4.74 Å². The van der Waals surface area contributed by atoms with E-state index < -0.39 is 5.41 Å². The van der Waals surface area contributed by atoms with Crippen molar-refractivity contribution in [2.75, 3.05) is 27.3 Å². The molecule has 0 N–H and O–H groups in total. The molecule has 7 rings (SSSR count). The minimum absolute atomic E-state index is 0.0120. The molecule has 4 unspecified atom stereocenters. The molecule has 0 radical (unpaired) electrons. The number of hydrogen-bond donors (Lipinski definition) is 0. The minimum Gasteiger partial charge on any atom is -0.497 e. The Morgan fingerprint density at radius 2 is 1.73 bits per heavy atom. The summed E-state index contributed by atoms with van der Waals surface area (Å²) >= 11 is 0. The summed E-state index contributed by atoms with van der Waals surface area (Å²) < 4.78 is 19.2. The van der Waals surface area contributed by atoms with Gasteiger partial charge in [-0.05, 0) is 80.5 Å². The molecule has 3 aromatic rings. The van der Waals surface area contributed by atoms with Crippen LogP contribution in [0.15, 0.2) is 36.4 Å². The summed E-state index contributed by atoms with van der Waals surface area (Å²) in [7, 11) is 3.13. The predicted octanol–water partition coefficient (Wildman–Crippen LogP) is 6.27. The quantitative estimate of drug-likeness (QED) is 0.354. The van der Waals surface area contributed by atoms with Gasteiger partial charge in [-0.3, -0.25) is 4.79 Å². The highest BCUT2D eigenvalue weighted by Gasteiger charge is 2.64. The van der Waals surface area contributed by atoms with Crippen molar-refractivity contribution in [3.63, 3.8) is 0 Å². The lowest BCUT2D eigenvalue weighted by atomic mass is 9.81. The van der Waals surface area contributed by atoms with Gasteiger partial charge < -0.3 is 23.7 Å².